The normalized spacial score (nSPS) is 23.8. The standard InChI is InChI=1S/C13H16N2O2S/c1-13(12(16)17-2)3-4-15(9-13)7-11-5-10(6-14)8-18-11/h5,8H,3-4,7,9H2,1-2H3/t13-/m0/s1. The van der Waals surface area contributed by atoms with Crippen LogP contribution in [0.25, 0.3) is 0 Å². The van der Waals surface area contributed by atoms with Gasteiger partial charge in [-0.05, 0) is 26.0 Å². The first-order valence-corrected chi connectivity index (χ1v) is 6.73. The molecular formula is C13H16N2O2S. The Hall–Kier alpha value is -1.38. The molecule has 0 radical (unpaired) electrons. The highest BCUT2D eigenvalue weighted by Gasteiger charge is 2.41. The van der Waals surface area contributed by atoms with E-state index in [1.807, 2.05) is 18.4 Å². The summed E-state index contributed by atoms with van der Waals surface area (Å²) < 4.78 is 4.85. The van der Waals surface area contributed by atoms with Gasteiger partial charge in [0.2, 0.25) is 0 Å². The van der Waals surface area contributed by atoms with Gasteiger partial charge in [0.25, 0.3) is 0 Å². The van der Waals surface area contributed by atoms with Gasteiger partial charge in [0.05, 0.1) is 18.1 Å². The number of nitriles is 1. The highest BCUT2D eigenvalue weighted by Crippen LogP contribution is 2.32. The Bertz CT molecular complexity index is 491. The minimum Gasteiger partial charge on any atom is -0.469 e. The lowest BCUT2D eigenvalue weighted by molar-refractivity contribution is -0.151. The van der Waals surface area contributed by atoms with Crippen molar-refractivity contribution in [3.8, 4) is 6.07 Å². The number of thiophene rings is 1. The summed E-state index contributed by atoms with van der Waals surface area (Å²) in [7, 11) is 1.44. The molecule has 96 valence electrons. The smallest absolute Gasteiger partial charge is 0.312 e. The van der Waals surface area contributed by atoms with Gasteiger partial charge in [-0.2, -0.15) is 5.26 Å². The Morgan fingerprint density at radius 1 is 1.72 bits per heavy atom. The second kappa shape index (κ2) is 5.09. The number of methoxy groups -OCH3 is 1. The van der Waals surface area contributed by atoms with Crippen LogP contribution in [-0.4, -0.2) is 31.1 Å². The molecular weight excluding hydrogens is 248 g/mol. The van der Waals surface area contributed by atoms with Crippen molar-refractivity contribution in [2.24, 2.45) is 5.41 Å². The van der Waals surface area contributed by atoms with Crippen molar-refractivity contribution in [3.63, 3.8) is 0 Å². The van der Waals surface area contributed by atoms with Crippen LogP contribution in [0.4, 0.5) is 0 Å². The van der Waals surface area contributed by atoms with E-state index in [1.54, 1.807) is 11.3 Å². The summed E-state index contributed by atoms with van der Waals surface area (Å²) in [5, 5.41) is 10.6. The van der Waals surface area contributed by atoms with E-state index in [9.17, 15) is 4.79 Å². The molecule has 1 aromatic rings. The van der Waals surface area contributed by atoms with Crippen LogP contribution in [0.15, 0.2) is 11.4 Å². The van der Waals surface area contributed by atoms with Crippen LogP contribution < -0.4 is 0 Å². The summed E-state index contributed by atoms with van der Waals surface area (Å²) in [6.45, 7) is 4.37. The van der Waals surface area contributed by atoms with E-state index in [0.717, 1.165) is 26.1 Å². The summed E-state index contributed by atoms with van der Waals surface area (Å²) in [5.41, 5.74) is 0.328. The molecule has 0 N–H and O–H groups in total. The lowest BCUT2D eigenvalue weighted by Crippen LogP contribution is -2.32. The van der Waals surface area contributed by atoms with Gasteiger partial charge in [-0.3, -0.25) is 9.69 Å². The van der Waals surface area contributed by atoms with Gasteiger partial charge >= 0.3 is 5.97 Å². The lowest BCUT2D eigenvalue weighted by atomic mass is 9.90. The number of hydrogen-bond donors (Lipinski definition) is 0. The number of nitrogens with zero attached hydrogens (tertiary/aromatic N) is 2. The van der Waals surface area contributed by atoms with E-state index in [2.05, 4.69) is 11.0 Å². The van der Waals surface area contributed by atoms with Gasteiger partial charge < -0.3 is 4.74 Å². The molecule has 18 heavy (non-hydrogen) atoms. The van der Waals surface area contributed by atoms with Crippen LogP contribution in [0.2, 0.25) is 0 Å². The average Bonchev–Trinajstić information content (AvgIpc) is 2.96. The molecule has 0 spiro atoms. The first-order valence-electron chi connectivity index (χ1n) is 5.86. The number of hydrogen-bond acceptors (Lipinski definition) is 5. The van der Waals surface area contributed by atoms with Gasteiger partial charge in [-0.25, -0.2) is 0 Å². The fourth-order valence-corrected chi connectivity index (χ4v) is 3.20. The molecule has 1 atom stereocenters. The summed E-state index contributed by atoms with van der Waals surface area (Å²) in [6, 6.07) is 4.05. The second-order valence-electron chi connectivity index (χ2n) is 4.93. The van der Waals surface area contributed by atoms with Gasteiger partial charge in [0.15, 0.2) is 0 Å². The molecule has 0 unspecified atom stereocenters. The quantitative estimate of drug-likeness (QED) is 0.784. The van der Waals surface area contributed by atoms with Crippen molar-refractivity contribution in [1.82, 2.24) is 4.90 Å². The fraction of sp³-hybridized carbons (Fsp3) is 0.538. The van der Waals surface area contributed by atoms with Crippen LogP contribution in [0, 0.1) is 16.7 Å². The third kappa shape index (κ3) is 2.55. The third-order valence-electron chi connectivity index (χ3n) is 3.39. The number of carbonyl (C=O) groups excluding carboxylic acids is 1. The molecule has 0 aliphatic carbocycles. The summed E-state index contributed by atoms with van der Waals surface area (Å²) in [5.74, 6) is -0.131. The lowest BCUT2D eigenvalue weighted by Gasteiger charge is -2.21. The van der Waals surface area contributed by atoms with Crippen LogP contribution in [0.3, 0.4) is 0 Å². The van der Waals surface area contributed by atoms with Crippen LogP contribution >= 0.6 is 11.3 Å². The zero-order chi connectivity index (χ0) is 13.2. The molecule has 0 bridgehead atoms. The van der Waals surface area contributed by atoms with Crippen molar-refractivity contribution in [3.05, 3.63) is 21.9 Å². The minimum absolute atomic E-state index is 0.131. The van der Waals surface area contributed by atoms with Crippen molar-refractivity contribution in [2.45, 2.75) is 19.9 Å². The number of ether oxygens (including phenoxy) is 1. The molecule has 1 aliphatic rings. The number of esters is 1. The Morgan fingerprint density at radius 3 is 3.11 bits per heavy atom. The molecule has 2 rings (SSSR count). The number of likely N-dealkylation sites (tertiary alicyclic amines) is 1. The molecule has 0 saturated carbocycles. The fourth-order valence-electron chi connectivity index (χ4n) is 2.35. The predicted octanol–water partition coefficient (Wildman–Crippen LogP) is 2.00. The summed E-state index contributed by atoms with van der Waals surface area (Å²) in [4.78, 5) is 15.1. The van der Waals surface area contributed by atoms with E-state index < -0.39 is 0 Å². The van der Waals surface area contributed by atoms with Gasteiger partial charge in [-0.1, -0.05) is 0 Å². The van der Waals surface area contributed by atoms with E-state index >= 15 is 0 Å². The second-order valence-corrected chi connectivity index (χ2v) is 5.92. The van der Waals surface area contributed by atoms with Crippen molar-refractivity contribution in [2.75, 3.05) is 20.2 Å². The van der Waals surface area contributed by atoms with E-state index in [1.165, 1.54) is 12.0 Å². The van der Waals surface area contributed by atoms with Crippen LogP contribution in [0.1, 0.15) is 23.8 Å². The summed E-state index contributed by atoms with van der Waals surface area (Å²) in [6.07, 6.45) is 0.830. The maximum absolute atomic E-state index is 11.7. The highest BCUT2D eigenvalue weighted by atomic mass is 32.1. The molecule has 1 saturated heterocycles. The SMILES string of the molecule is COC(=O)[C@@]1(C)CCN(Cc2cc(C#N)cs2)C1. The first-order chi connectivity index (χ1) is 8.57. The molecule has 1 aliphatic heterocycles. The Labute approximate surface area is 111 Å². The number of carbonyl (C=O) groups is 1. The maximum Gasteiger partial charge on any atom is 0.312 e. The molecule has 2 heterocycles. The zero-order valence-corrected chi connectivity index (χ0v) is 11.4. The monoisotopic (exact) mass is 264 g/mol. The topological polar surface area (TPSA) is 53.3 Å². The van der Waals surface area contributed by atoms with Gasteiger partial charge in [0.1, 0.15) is 6.07 Å². The van der Waals surface area contributed by atoms with Crippen molar-refractivity contribution >= 4 is 17.3 Å². The average molecular weight is 264 g/mol. The highest BCUT2D eigenvalue weighted by molar-refractivity contribution is 7.10. The maximum atomic E-state index is 11.7. The summed E-state index contributed by atoms with van der Waals surface area (Å²) >= 11 is 1.59. The number of rotatable bonds is 3. The molecule has 0 aromatic carbocycles. The Kier molecular flexibility index (Phi) is 3.69. The zero-order valence-electron chi connectivity index (χ0n) is 10.6. The molecule has 5 heteroatoms. The van der Waals surface area contributed by atoms with Gasteiger partial charge in [-0.15, -0.1) is 11.3 Å². The largest absolute Gasteiger partial charge is 0.469 e. The Balaban J connectivity index is 1.97. The predicted molar refractivity (Wildman–Crippen MR) is 69.1 cm³/mol. The molecule has 0 amide bonds. The molecule has 1 fully saturated rings. The van der Waals surface area contributed by atoms with Crippen molar-refractivity contribution < 1.29 is 9.53 Å². The minimum atomic E-state index is -0.385. The van der Waals surface area contributed by atoms with Gasteiger partial charge in [0, 0.05) is 23.3 Å². The van der Waals surface area contributed by atoms with E-state index in [4.69, 9.17) is 10.00 Å². The van der Waals surface area contributed by atoms with Crippen LogP contribution in [0.5, 0.6) is 0 Å². The third-order valence-corrected chi connectivity index (χ3v) is 4.31. The van der Waals surface area contributed by atoms with E-state index in [0.29, 0.717) is 5.56 Å². The molecule has 4 nitrogen and oxygen atoms in total. The first kappa shape index (κ1) is 13.1. The molecule has 1 aromatic heterocycles. The Morgan fingerprint density at radius 2 is 2.50 bits per heavy atom. The van der Waals surface area contributed by atoms with E-state index in [-0.39, 0.29) is 11.4 Å². The van der Waals surface area contributed by atoms with Crippen molar-refractivity contribution in [1.29, 1.82) is 5.26 Å². The van der Waals surface area contributed by atoms with Crippen LogP contribution in [-0.2, 0) is 16.1 Å².